The van der Waals surface area contributed by atoms with Crippen molar-refractivity contribution in [1.82, 2.24) is 9.13 Å². The van der Waals surface area contributed by atoms with E-state index in [-0.39, 0.29) is 5.69 Å². The molecule has 17 heavy (non-hydrogen) atoms. The minimum Gasteiger partial charge on any atom is -0.295 e. The lowest BCUT2D eigenvalue weighted by Crippen LogP contribution is -2.19. The first-order chi connectivity index (χ1) is 8.06. The van der Waals surface area contributed by atoms with Crippen molar-refractivity contribution < 1.29 is 0 Å². The Balaban J connectivity index is 0.000000437. The number of nitrogens with zero attached hydrogens (tertiary/aromatic N) is 3. The highest BCUT2D eigenvalue weighted by Gasteiger charge is 2.07. The topological polar surface area (TPSA) is 50.7 Å². The lowest BCUT2D eigenvalue weighted by atomic mass is 10.2. The molecule has 1 aromatic heterocycles. The Morgan fingerprint density at radius 3 is 2.24 bits per heavy atom. The number of rotatable bonds is 0. The Bertz CT molecular complexity index is 614. The maximum atomic E-state index is 11.5. The zero-order valence-electron chi connectivity index (χ0n) is 10.7. The lowest BCUT2D eigenvalue weighted by Gasteiger charge is -1.94. The molecular weight excluding hydrogens is 214 g/mol. The molecule has 2 aromatic rings. The molecule has 0 N–H and O–H groups in total. The van der Waals surface area contributed by atoms with Crippen LogP contribution in [0.25, 0.3) is 11.0 Å². The van der Waals surface area contributed by atoms with Gasteiger partial charge in [0.25, 0.3) is 0 Å². The fourth-order valence-electron chi connectivity index (χ4n) is 1.58. The third-order valence-corrected chi connectivity index (χ3v) is 2.40. The second-order valence-electron chi connectivity index (χ2n) is 3.92. The predicted molar refractivity (Wildman–Crippen MR) is 68.8 cm³/mol. The van der Waals surface area contributed by atoms with Crippen molar-refractivity contribution >= 4 is 11.0 Å². The number of hydrogen-bond donors (Lipinski definition) is 0. The molecule has 90 valence electrons. The summed E-state index contributed by atoms with van der Waals surface area (Å²) in [6, 6.07) is 7.27. The normalized spacial score (nSPS) is 9.59. The summed E-state index contributed by atoms with van der Waals surface area (Å²) in [5.74, 6) is 0. The third-order valence-electron chi connectivity index (χ3n) is 2.40. The van der Waals surface area contributed by atoms with E-state index in [9.17, 15) is 4.79 Å². The van der Waals surface area contributed by atoms with E-state index >= 15 is 0 Å². The Labute approximate surface area is 101 Å². The monoisotopic (exact) mass is 231 g/mol. The molecule has 1 aromatic carbocycles. The zero-order chi connectivity index (χ0) is 13.0. The molecule has 0 unspecified atom stereocenters. The highest BCUT2D eigenvalue weighted by atomic mass is 16.1. The van der Waals surface area contributed by atoms with Crippen LogP contribution in [0, 0.1) is 11.3 Å². The summed E-state index contributed by atoms with van der Waals surface area (Å²) in [7, 11) is 3.42. The number of imidazole rings is 1. The van der Waals surface area contributed by atoms with Gasteiger partial charge in [-0.3, -0.25) is 9.13 Å². The minimum atomic E-state index is -0.0740. The molecule has 4 nitrogen and oxygen atoms in total. The quantitative estimate of drug-likeness (QED) is 0.697. The number of aromatic nitrogens is 2. The van der Waals surface area contributed by atoms with Crippen LogP contribution in [0.5, 0.6) is 0 Å². The molecule has 2 rings (SSSR count). The number of fused-ring (bicyclic) bond motifs is 1. The van der Waals surface area contributed by atoms with E-state index < -0.39 is 0 Å². The first-order valence-corrected chi connectivity index (χ1v) is 5.62. The van der Waals surface area contributed by atoms with Gasteiger partial charge in [0.2, 0.25) is 0 Å². The van der Waals surface area contributed by atoms with Gasteiger partial charge in [0, 0.05) is 14.1 Å². The first kappa shape index (κ1) is 13.0. The van der Waals surface area contributed by atoms with Crippen LogP contribution in [0.4, 0.5) is 0 Å². The molecule has 0 saturated heterocycles. The van der Waals surface area contributed by atoms with Crippen LogP contribution in [-0.2, 0) is 14.1 Å². The summed E-state index contributed by atoms with van der Waals surface area (Å²) in [5.41, 5.74) is 2.13. The van der Waals surface area contributed by atoms with Crippen LogP contribution < -0.4 is 5.69 Å². The van der Waals surface area contributed by atoms with E-state index in [1.54, 1.807) is 36.9 Å². The van der Waals surface area contributed by atoms with Crippen LogP contribution in [0.2, 0.25) is 0 Å². The highest BCUT2D eigenvalue weighted by Crippen LogP contribution is 2.12. The average Bonchev–Trinajstić information content (AvgIpc) is 2.55. The van der Waals surface area contributed by atoms with E-state index in [0.29, 0.717) is 5.56 Å². The van der Waals surface area contributed by atoms with Gasteiger partial charge < -0.3 is 0 Å². The van der Waals surface area contributed by atoms with Gasteiger partial charge >= 0.3 is 5.69 Å². The highest BCUT2D eigenvalue weighted by molar-refractivity contribution is 5.77. The molecule has 0 saturated carbocycles. The SMILES string of the molecule is CCC.Cn1c(=O)n(C)c2cc(C#N)ccc21. The molecule has 0 aliphatic rings. The third kappa shape index (κ3) is 2.39. The van der Waals surface area contributed by atoms with Gasteiger partial charge in [0.05, 0.1) is 22.7 Å². The second-order valence-corrected chi connectivity index (χ2v) is 3.92. The van der Waals surface area contributed by atoms with E-state index in [1.165, 1.54) is 11.0 Å². The van der Waals surface area contributed by atoms with Gasteiger partial charge in [0.15, 0.2) is 0 Å². The summed E-state index contributed by atoms with van der Waals surface area (Å²) >= 11 is 0. The van der Waals surface area contributed by atoms with E-state index in [4.69, 9.17) is 5.26 Å². The van der Waals surface area contributed by atoms with E-state index in [1.807, 2.05) is 0 Å². The molecule has 0 amide bonds. The van der Waals surface area contributed by atoms with E-state index in [2.05, 4.69) is 19.9 Å². The maximum Gasteiger partial charge on any atom is 0.328 e. The second kappa shape index (κ2) is 5.35. The Morgan fingerprint density at radius 2 is 1.71 bits per heavy atom. The Hall–Kier alpha value is -2.02. The molecule has 0 fully saturated rings. The zero-order valence-corrected chi connectivity index (χ0v) is 10.7. The van der Waals surface area contributed by atoms with Crippen molar-refractivity contribution in [2.75, 3.05) is 0 Å². The molecule has 0 aliphatic heterocycles. The molecule has 0 aliphatic carbocycles. The standard InChI is InChI=1S/C10H9N3O.C3H8/c1-12-8-4-3-7(6-11)5-9(8)13(2)10(12)14;1-3-2/h3-5H,1-2H3;3H2,1-2H3. The summed E-state index contributed by atoms with van der Waals surface area (Å²) in [6.45, 7) is 4.25. The summed E-state index contributed by atoms with van der Waals surface area (Å²) in [6.07, 6.45) is 1.25. The van der Waals surface area contributed by atoms with Crippen LogP contribution in [0.1, 0.15) is 25.8 Å². The van der Waals surface area contributed by atoms with Gasteiger partial charge in [0.1, 0.15) is 0 Å². The van der Waals surface area contributed by atoms with Crippen molar-refractivity contribution in [2.24, 2.45) is 14.1 Å². The average molecular weight is 231 g/mol. The molecule has 1 heterocycles. The minimum absolute atomic E-state index is 0.0740. The smallest absolute Gasteiger partial charge is 0.295 e. The van der Waals surface area contributed by atoms with Crippen molar-refractivity contribution in [2.45, 2.75) is 20.3 Å². The van der Waals surface area contributed by atoms with Crippen LogP contribution in [0.15, 0.2) is 23.0 Å². The molecule has 0 spiro atoms. The Kier molecular flexibility index (Phi) is 4.11. The van der Waals surface area contributed by atoms with Gasteiger partial charge in [-0.15, -0.1) is 0 Å². The Morgan fingerprint density at radius 1 is 1.18 bits per heavy atom. The summed E-state index contributed by atoms with van der Waals surface area (Å²) < 4.78 is 3.10. The van der Waals surface area contributed by atoms with Crippen LogP contribution in [0.3, 0.4) is 0 Å². The van der Waals surface area contributed by atoms with Gasteiger partial charge in [-0.2, -0.15) is 5.26 Å². The summed E-state index contributed by atoms with van der Waals surface area (Å²) in [4.78, 5) is 11.5. The molecule has 4 heteroatoms. The van der Waals surface area contributed by atoms with Crippen molar-refractivity contribution in [3.8, 4) is 6.07 Å². The fourth-order valence-corrected chi connectivity index (χ4v) is 1.58. The molecule has 0 bridgehead atoms. The lowest BCUT2D eigenvalue weighted by molar-refractivity contribution is 0.795. The van der Waals surface area contributed by atoms with Crippen LogP contribution in [-0.4, -0.2) is 9.13 Å². The molecular formula is C13H17N3O. The van der Waals surface area contributed by atoms with Gasteiger partial charge in [-0.25, -0.2) is 4.79 Å². The molecule has 0 radical (unpaired) electrons. The number of benzene rings is 1. The van der Waals surface area contributed by atoms with E-state index in [0.717, 1.165) is 11.0 Å². The molecule has 0 atom stereocenters. The number of aryl methyl sites for hydroxylation is 2. The fraction of sp³-hybridized carbons (Fsp3) is 0.385. The first-order valence-electron chi connectivity index (χ1n) is 5.62. The largest absolute Gasteiger partial charge is 0.328 e. The van der Waals surface area contributed by atoms with Crippen LogP contribution >= 0.6 is 0 Å². The summed E-state index contributed by atoms with van der Waals surface area (Å²) in [5, 5.41) is 8.72. The van der Waals surface area contributed by atoms with Gasteiger partial charge in [-0.1, -0.05) is 20.3 Å². The number of nitriles is 1. The van der Waals surface area contributed by atoms with Gasteiger partial charge in [-0.05, 0) is 18.2 Å². The predicted octanol–water partition coefficient (Wildman–Crippen LogP) is 2.16. The van der Waals surface area contributed by atoms with Crippen molar-refractivity contribution in [3.63, 3.8) is 0 Å². The maximum absolute atomic E-state index is 11.5. The van der Waals surface area contributed by atoms with Crippen molar-refractivity contribution in [3.05, 3.63) is 34.2 Å². The van der Waals surface area contributed by atoms with Crippen molar-refractivity contribution in [1.29, 1.82) is 5.26 Å². The number of hydrogen-bond acceptors (Lipinski definition) is 2.